The first-order chi connectivity index (χ1) is 33.9. The second kappa shape index (κ2) is 13.2. The van der Waals surface area contributed by atoms with E-state index in [9.17, 15) is 8.42 Å². The Labute approximate surface area is 391 Å². The maximum Gasteiger partial charge on any atom is 0.206 e. The average molecular weight is 911 g/mol. The summed E-state index contributed by atoms with van der Waals surface area (Å²) in [6, 6.07) is 56.5. The summed E-state index contributed by atoms with van der Waals surface area (Å²) in [7, 11) is -4.00. The van der Waals surface area contributed by atoms with Crippen molar-refractivity contribution in [1.29, 1.82) is 0 Å². The van der Waals surface area contributed by atoms with Crippen molar-refractivity contribution in [1.82, 2.24) is 4.57 Å². The van der Waals surface area contributed by atoms with Crippen LogP contribution in [0.4, 0.5) is 11.4 Å². The van der Waals surface area contributed by atoms with Crippen molar-refractivity contribution in [3.63, 3.8) is 0 Å². The summed E-state index contributed by atoms with van der Waals surface area (Å²) in [5.41, 5.74) is 12.2. The zero-order chi connectivity index (χ0) is 45.3. The minimum Gasteiger partial charge on any atom is -0.456 e. The van der Waals surface area contributed by atoms with Crippen molar-refractivity contribution >= 4 is 131 Å². The third-order valence-electron chi connectivity index (χ3n) is 14.7. The lowest BCUT2D eigenvalue weighted by Crippen LogP contribution is -2.28. The highest BCUT2D eigenvalue weighted by atomic mass is 32.2. The Hall–Kier alpha value is -8.79. The Morgan fingerprint density at radius 3 is 1.41 bits per heavy atom. The molecule has 0 bridgehead atoms. The zero-order valence-corrected chi connectivity index (χ0v) is 37.2. The fourth-order valence-corrected chi connectivity index (χ4v) is 12.9. The first-order valence-electron chi connectivity index (χ1n) is 23.0. The van der Waals surface area contributed by atoms with Gasteiger partial charge < -0.3 is 27.1 Å². The smallest absolute Gasteiger partial charge is 0.206 e. The maximum atomic E-state index is 14.7. The molecule has 0 amide bonds. The van der Waals surface area contributed by atoms with Crippen LogP contribution >= 0.6 is 0 Å². The molecule has 16 rings (SSSR count). The van der Waals surface area contributed by atoms with Gasteiger partial charge in [0, 0.05) is 89.0 Å². The van der Waals surface area contributed by atoms with Crippen LogP contribution in [0.25, 0.3) is 115 Å². The summed E-state index contributed by atoms with van der Waals surface area (Å²) < 4.78 is 57.2. The lowest BCUT2D eigenvalue weighted by molar-refractivity contribution is 0.596. The van der Waals surface area contributed by atoms with Crippen LogP contribution in [-0.2, 0) is 9.84 Å². The van der Waals surface area contributed by atoms with Gasteiger partial charge in [-0.3, -0.25) is 0 Å². The summed E-state index contributed by atoms with van der Waals surface area (Å²) in [4.78, 5) is 2.75. The molecule has 9 aromatic carbocycles. The molecule has 14 aromatic rings. The average Bonchev–Trinajstić information content (AvgIpc) is 4.23. The van der Waals surface area contributed by atoms with Gasteiger partial charge in [-0.15, -0.1) is 0 Å². The van der Waals surface area contributed by atoms with Crippen LogP contribution in [0, 0.1) is 0 Å². The fraction of sp³-hybridized carbons (Fsp3) is 0.0333. The summed E-state index contributed by atoms with van der Waals surface area (Å²) in [5, 5.41) is 9.18. The van der Waals surface area contributed by atoms with Crippen LogP contribution in [0.2, 0.25) is 0 Å². The molecule has 2 aliphatic rings. The predicted octanol–water partition coefficient (Wildman–Crippen LogP) is 15.9. The molecule has 0 saturated heterocycles. The first-order valence-corrected chi connectivity index (χ1v) is 24.5. The number of anilines is 2. The van der Waals surface area contributed by atoms with E-state index in [1.807, 2.05) is 24.3 Å². The predicted molar refractivity (Wildman–Crippen MR) is 275 cm³/mol. The van der Waals surface area contributed by atoms with Gasteiger partial charge in [-0.1, -0.05) is 78.9 Å². The SMILES string of the molecule is O=S(=O)(c1ccc2oc3cc4oc5ccc(N6c7ccccc7C7C=CC=CC76)cc5c4cc3c2c1)c1ccc2oc3cc4oc5ccc(-n6c7ccccc7c7ccccc76)cc5c4cc3c2c1. The highest BCUT2D eigenvalue weighted by Crippen LogP contribution is 2.49. The number of sulfone groups is 1. The second-order valence-electron chi connectivity index (χ2n) is 18.4. The topological polar surface area (TPSA) is 94.9 Å². The van der Waals surface area contributed by atoms with Gasteiger partial charge in [-0.25, -0.2) is 8.42 Å². The number of furan rings is 4. The highest BCUT2D eigenvalue weighted by molar-refractivity contribution is 7.91. The molecule has 9 heteroatoms. The Morgan fingerprint density at radius 2 is 0.826 bits per heavy atom. The molecule has 0 radical (unpaired) electrons. The minimum absolute atomic E-state index is 0.167. The molecule has 0 fully saturated rings. The molecule has 5 aromatic heterocycles. The highest BCUT2D eigenvalue weighted by Gasteiger charge is 2.37. The quantitative estimate of drug-likeness (QED) is 0.174. The van der Waals surface area contributed by atoms with Gasteiger partial charge in [0.15, 0.2) is 0 Å². The zero-order valence-electron chi connectivity index (χ0n) is 36.4. The van der Waals surface area contributed by atoms with Gasteiger partial charge in [0.1, 0.15) is 44.7 Å². The molecule has 0 saturated carbocycles. The summed E-state index contributed by atoms with van der Waals surface area (Å²) in [6.07, 6.45) is 8.81. The number of nitrogens with zero attached hydrogens (tertiary/aromatic N) is 2. The van der Waals surface area contributed by atoms with Crippen molar-refractivity contribution in [2.45, 2.75) is 21.8 Å². The molecular weight excluding hydrogens is 877 g/mol. The van der Waals surface area contributed by atoms with Crippen LogP contribution in [0.15, 0.2) is 222 Å². The number of allylic oxidation sites excluding steroid dienone is 2. The van der Waals surface area contributed by atoms with E-state index in [2.05, 4.69) is 143 Å². The van der Waals surface area contributed by atoms with Gasteiger partial charge >= 0.3 is 0 Å². The Kier molecular flexibility index (Phi) is 7.15. The fourth-order valence-electron chi connectivity index (χ4n) is 11.6. The third-order valence-corrected chi connectivity index (χ3v) is 16.5. The number of rotatable bonds is 4. The van der Waals surface area contributed by atoms with Crippen LogP contribution in [0.5, 0.6) is 0 Å². The molecule has 6 heterocycles. The monoisotopic (exact) mass is 910 g/mol. The van der Waals surface area contributed by atoms with Crippen molar-refractivity contribution < 1.29 is 26.1 Å². The molecule has 2 atom stereocenters. The number of hydrogen-bond donors (Lipinski definition) is 0. The largest absolute Gasteiger partial charge is 0.456 e. The molecule has 2 unspecified atom stereocenters. The van der Waals surface area contributed by atoms with Crippen LogP contribution in [0.3, 0.4) is 0 Å². The van der Waals surface area contributed by atoms with E-state index in [1.165, 1.54) is 22.0 Å². The summed E-state index contributed by atoms with van der Waals surface area (Å²) >= 11 is 0. The van der Waals surface area contributed by atoms with E-state index in [4.69, 9.17) is 17.7 Å². The van der Waals surface area contributed by atoms with Crippen LogP contribution in [-0.4, -0.2) is 19.0 Å². The van der Waals surface area contributed by atoms with Gasteiger partial charge in [-0.2, -0.15) is 0 Å². The van der Waals surface area contributed by atoms with E-state index in [1.54, 1.807) is 36.4 Å². The van der Waals surface area contributed by atoms with Crippen molar-refractivity contribution in [3.8, 4) is 5.69 Å². The molecule has 0 N–H and O–H groups in total. The van der Waals surface area contributed by atoms with Crippen molar-refractivity contribution in [2.75, 3.05) is 4.90 Å². The van der Waals surface area contributed by atoms with Gasteiger partial charge in [0.25, 0.3) is 0 Å². The van der Waals surface area contributed by atoms with E-state index < -0.39 is 9.84 Å². The van der Waals surface area contributed by atoms with E-state index >= 15 is 0 Å². The summed E-state index contributed by atoms with van der Waals surface area (Å²) in [6.45, 7) is 0. The Morgan fingerprint density at radius 1 is 0.377 bits per heavy atom. The van der Waals surface area contributed by atoms with Crippen molar-refractivity contribution in [2.24, 2.45) is 0 Å². The number of benzene rings is 9. The number of fused-ring (bicyclic) bond motifs is 18. The van der Waals surface area contributed by atoms with E-state index in [0.29, 0.717) is 44.3 Å². The molecule has 1 aliphatic heterocycles. The molecule has 326 valence electrons. The van der Waals surface area contributed by atoms with Crippen LogP contribution < -0.4 is 4.90 Å². The second-order valence-corrected chi connectivity index (χ2v) is 20.3. The molecule has 1 aliphatic carbocycles. The minimum atomic E-state index is -4.00. The Bertz CT molecular complexity index is 4730. The van der Waals surface area contributed by atoms with Crippen molar-refractivity contribution in [3.05, 3.63) is 200 Å². The normalized spacial score (nSPS) is 16.1. The van der Waals surface area contributed by atoms with Gasteiger partial charge in [0.05, 0.1) is 26.9 Å². The first kappa shape index (κ1) is 37.3. The van der Waals surface area contributed by atoms with Gasteiger partial charge in [-0.05, 0) is 109 Å². The Balaban J connectivity index is 0.798. The van der Waals surface area contributed by atoms with Gasteiger partial charge in [0.2, 0.25) is 9.84 Å². The molecular formula is C60H34N2O6S. The standard InChI is InChI=1S/C60H34N2O6S/c63-69(64,35-19-23-55-43(27-35)47-29-45-41-25-33(17-21-53(41)65-57(45)31-59(47)67-55)61-49-13-5-1-9-37(49)38-10-2-6-14-50(38)61)36-20-24-56-44(28-36)48-30-46-42-26-34(18-22-54(42)66-58(46)32-60(48)68-56)62-51-15-7-3-11-39(51)40-12-4-8-16-52(40)62/h1-32,37,49H. The third kappa shape index (κ3) is 5.09. The molecule has 69 heavy (non-hydrogen) atoms. The van der Waals surface area contributed by atoms with E-state index in [-0.39, 0.29) is 21.8 Å². The number of hydrogen-bond acceptors (Lipinski definition) is 7. The molecule has 8 nitrogen and oxygen atoms in total. The number of aromatic nitrogens is 1. The van der Waals surface area contributed by atoms with Crippen LogP contribution in [0.1, 0.15) is 11.5 Å². The molecule has 0 spiro atoms. The number of para-hydroxylation sites is 3. The lowest BCUT2D eigenvalue weighted by atomic mass is 9.91. The lowest BCUT2D eigenvalue weighted by Gasteiger charge is -2.28. The van der Waals surface area contributed by atoms with E-state index in [0.717, 1.165) is 65.9 Å². The maximum absolute atomic E-state index is 14.7. The summed E-state index contributed by atoms with van der Waals surface area (Å²) in [5.74, 6) is 0.272.